The molecule has 0 aromatic carbocycles. The van der Waals surface area contributed by atoms with Crippen LogP contribution in [0.4, 0.5) is 9.59 Å². The molecule has 3 N–H and O–H groups in total. The second-order valence-electron chi connectivity index (χ2n) is 22.6. The molecule has 16 heteroatoms. The molecule has 16 nitrogen and oxygen atoms in total. The molecular weight excluding hydrogens is 865 g/mol. The Hall–Kier alpha value is -4.18. The van der Waals surface area contributed by atoms with Crippen LogP contribution in [0.3, 0.4) is 0 Å². The summed E-state index contributed by atoms with van der Waals surface area (Å²) in [6.07, 6.45) is 16.1. The summed E-state index contributed by atoms with van der Waals surface area (Å²) in [6, 6.07) is 0. The van der Waals surface area contributed by atoms with Crippen LogP contribution in [0.5, 0.6) is 0 Å². The van der Waals surface area contributed by atoms with Gasteiger partial charge in [-0.25, -0.2) is 9.59 Å². The van der Waals surface area contributed by atoms with Crippen molar-refractivity contribution in [2.24, 2.45) is 16.7 Å². The van der Waals surface area contributed by atoms with Crippen molar-refractivity contribution < 1.29 is 38.5 Å². The smallest absolute Gasteiger partial charge is 0.410 e. The minimum absolute atomic E-state index is 0.0103. The van der Waals surface area contributed by atoms with Crippen LogP contribution in [0.25, 0.3) is 0 Å². The van der Waals surface area contributed by atoms with Gasteiger partial charge in [0.15, 0.2) is 0 Å². The summed E-state index contributed by atoms with van der Waals surface area (Å²) in [5.74, 6) is 0.684. The number of likely N-dealkylation sites (N-methyl/N-ethyl adjacent to an activating group) is 4. The number of carboxylic acid groups (broad SMARTS) is 1. The summed E-state index contributed by atoms with van der Waals surface area (Å²) in [6.45, 7) is 23.6. The van der Waals surface area contributed by atoms with E-state index in [0.717, 1.165) is 103 Å². The van der Waals surface area contributed by atoms with E-state index in [1.54, 1.807) is 23.9 Å². The van der Waals surface area contributed by atoms with Crippen molar-refractivity contribution >= 4 is 24.1 Å². The minimum atomic E-state index is -0.643. The first-order valence-corrected chi connectivity index (χ1v) is 25.6. The van der Waals surface area contributed by atoms with Crippen LogP contribution in [0.1, 0.15) is 193 Å². The highest BCUT2D eigenvalue weighted by Crippen LogP contribution is 2.53. The molecule has 1 spiro atoms. The highest BCUT2D eigenvalue weighted by Gasteiger charge is 2.55. The number of carbonyl (C=O) groups is 4. The molecule has 3 fully saturated rings. The van der Waals surface area contributed by atoms with Gasteiger partial charge in [0.2, 0.25) is 0 Å². The summed E-state index contributed by atoms with van der Waals surface area (Å²) in [7, 11) is 7.64. The molecule has 3 heterocycles. The number of nitrogens with one attached hydrogen (secondary N) is 2. The number of carboxylic acids is 1. The lowest BCUT2D eigenvalue weighted by Gasteiger charge is -2.36. The molecule has 0 radical (unpaired) electrons. The zero-order chi connectivity index (χ0) is 50.7. The summed E-state index contributed by atoms with van der Waals surface area (Å²) in [5.41, 5.74) is 2.67. The number of amides is 2. The number of aromatic amines is 2. The van der Waals surface area contributed by atoms with Crippen molar-refractivity contribution in [3.63, 3.8) is 0 Å². The molecule has 2 saturated carbocycles. The number of hydrogen-bond donors (Lipinski definition) is 3. The summed E-state index contributed by atoms with van der Waals surface area (Å²) in [4.78, 5) is 56.6. The van der Waals surface area contributed by atoms with Crippen LogP contribution < -0.4 is 0 Å². The largest absolute Gasteiger partial charge is 0.481 e. The average Bonchev–Trinajstić information content (AvgIpc) is 4.01. The Labute approximate surface area is 408 Å². The number of carbonyl (C=O) groups excluding carboxylic acids is 3. The second-order valence-corrected chi connectivity index (χ2v) is 22.6. The first-order valence-electron chi connectivity index (χ1n) is 25.6. The monoisotopic (exact) mass is 955 g/mol. The van der Waals surface area contributed by atoms with Crippen molar-refractivity contribution in [1.82, 2.24) is 40.0 Å². The number of H-pyrrole nitrogens is 2. The van der Waals surface area contributed by atoms with Gasteiger partial charge in [-0.3, -0.25) is 19.8 Å². The van der Waals surface area contributed by atoms with E-state index in [0.29, 0.717) is 43.7 Å². The molecule has 2 amide bonds. The van der Waals surface area contributed by atoms with Crippen LogP contribution in [0.2, 0.25) is 0 Å². The number of aliphatic carboxylic acids is 1. The van der Waals surface area contributed by atoms with Gasteiger partial charge in [0.05, 0.1) is 23.2 Å². The molecule has 0 unspecified atom stereocenters. The SMILES string of the molecule is CCC(CC)(CC1CCC(c2[nH]ncc2CN(C)CCN(C)C(=O)OC(C)(C)C)CC1)C(=O)O.CCC1(CC)CC2(CCC(c3[nH]ncc3CN(C)CCN(C)C(=O)OC(C)(C)C)CC2)OC1=O. The zero-order valence-electron chi connectivity index (χ0n) is 44.5. The van der Waals surface area contributed by atoms with E-state index in [1.165, 1.54) is 22.5 Å². The van der Waals surface area contributed by atoms with Crippen molar-refractivity contribution in [2.45, 2.75) is 201 Å². The summed E-state index contributed by atoms with van der Waals surface area (Å²) in [5, 5.41) is 24.9. The Bertz CT molecular complexity index is 1900. The van der Waals surface area contributed by atoms with Crippen molar-refractivity contribution in [3.8, 4) is 0 Å². The Morgan fingerprint density at radius 2 is 1.13 bits per heavy atom. The third-order valence-electron chi connectivity index (χ3n) is 15.2. The summed E-state index contributed by atoms with van der Waals surface area (Å²) >= 11 is 0. The Kier molecular flexibility index (Phi) is 20.0. The van der Waals surface area contributed by atoms with Gasteiger partial charge in [0, 0.05) is 94.1 Å². The molecule has 2 aromatic rings. The van der Waals surface area contributed by atoms with Gasteiger partial charge in [-0.15, -0.1) is 0 Å². The molecule has 0 bridgehead atoms. The first-order chi connectivity index (χ1) is 31.8. The van der Waals surface area contributed by atoms with E-state index >= 15 is 0 Å². The molecule has 5 rings (SSSR count). The second kappa shape index (κ2) is 24.1. The Balaban J connectivity index is 0.000000297. The van der Waals surface area contributed by atoms with Crippen LogP contribution in [0, 0.1) is 16.7 Å². The fourth-order valence-electron chi connectivity index (χ4n) is 10.5. The number of ether oxygens (including phenoxy) is 3. The predicted molar refractivity (Wildman–Crippen MR) is 265 cm³/mol. The van der Waals surface area contributed by atoms with Crippen molar-refractivity contribution in [3.05, 3.63) is 34.9 Å². The number of rotatable bonds is 19. The molecule has 68 heavy (non-hydrogen) atoms. The summed E-state index contributed by atoms with van der Waals surface area (Å²) < 4.78 is 16.9. The van der Waals surface area contributed by atoms with Gasteiger partial charge in [0.1, 0.15) is 16.8 Å². The van der Waals surface area contributed by atoms with Crippen molar-refractivity contribution in [1.29, 1.82) is 0 Å². The maximum Gasteiger partial charge on any atom is 0.410 e. The van der Waals surface area contributed by atoms with Gasteiger partial charge in [0.25, 0.3) is 0 Å². The third kappa shape index (κ3) is 15.4. The average molecular weight is 955 g/mol. The predicted octanol–water partition coefficient (Wildman–Crippen LogP) is 10.1. The highest BCUT2D eigenvalue weighted by molar-refractivity contribution is 5.79. The lowest BCUT2D eigenvalue weighted by molar-refractivity contribution is -0.156. The van der Waals surface area contributed by atoms with E-state index in [1.807, 2.05) is 67.8 Å². The number of nitrogens with zero attached hydrogens (tertiary/aromatic N) is 6. The van der Waals surface area contributed by atoms with E-state index in [2.05, 4.69) is 58.1 Å². The van der Waals surface area contributed by atoms with Crippen molar-refractivity contribution in [2.75, 3.05) is 54.4 Å². The van der Waals surface area contributed by atoms with Gasteiger partial charge >= 0.3 is 24.1 Å². The molecule has 0 atom stereocenters. The zero-order valence-corrected chi connectivity index (χ0v) is 44.5. The standard InChI is InChI=1S/C26H44N4O4.C26H46N4O4/c1-8-25(9-2)18-26(33-22(25)31)12-10-19(11-13-26)21-20(16-27-28-21)17-29(6)14-15-30(7)23(32)34-24(3,4)5;1-8-26(9-2,23(31)32)16-19-10-12-20(13-11-19)22-21(17-27-28-22)18-29(6)14-15-30(7)24(33)34-25(3,4)5/h16,19H,8-15,17-18H2,1-7H3,(H,27,28);17,19-20H,8-16,18H2,1-7H3,(H,27,28)(H,31,32). The molecule has 2 aromatic heterocycles. The minimum Gasteiger partial charge on any atom is -0.481 e. The van der Waals surface area contributed by atoms with Gasteiger partial charge in [-0.05, 0) is 145 Å². The molecular formula is C52H90N8O8. The fraction of sp³-hybridized carbons (Fsp3) is 0.808. The first kappa shape index (κ1) is 56.4. The van der Waals surface area contributed by atoms with E-state index in [4.69, 9.17) is 14.2 Å². The highest BCUT2D eigenvalue weighted by atomic mass is 16.6. The number of esters is 1. The molecule has 3 aliphatic rings. The lowest BCUT2D eigenvalue weighted by Crippen LogP contribution is -2.38. The maximum absolute atomic E-state index is 12.7. The Morgan fingerprint density at radius 3 is 1.50 bits per heavy atom. The Morgan fingerprint density at radius 1 is 0.706 bits per heavy atom. The molecule has 386 valence electrons. The topological polar surface area (TPSA) is 187 Å². The van der Waals surface area contributed by atoms with Crippen LogP contribution in [-0.2, 0) is 36.9 Å². The van der Waals surface area contributed by atoms with Gasteiger partial charge in [-0.1, -0.05) is 27.7 Å². The van der Waals surface area contributed by atoms with E-state index in [-0.39, 0.29) is 29.2 Å². The maximum atomic E-state index is 12.7. The number of hydrogen-bond acceptors (Lipinski definition) is 11. The third-order valence-corrected chi connectivity index (χ3v) is 15.2. The van der Waals surface area contributed by atoms with E-state index < -0.39 is 22.6 Å². The molecule has 2 aliphatic carbocycles. The fourth-order valence-corrected chi connectivity index (χ4v) is 10.5. The van der Waals surface area contributed by atoms with Crippen LogP contribution >= 0.6 is 0 Å². The van der Waals surface area contributed by atoms with Crippen LogP contribution in [0.15, 0.2) is 12.4 Å². The van der Waals surface area contributed by atoms with Gasteiger partial charge in [-0.2, -0.15) is 10.2 Å². The lowest BCUT2D eigenvalue weighted by atomic mass is 9.69. The molecule has 1 aliphatic heterocycles. The van der Waals surface area contributed by atoms with Gasteiger partial charge < -0.3 is 38.9 Å². The normalized spacial score (nSPS) is 21.9. The molecule has 1 saturated heterocycles. The number of aromatic nitrogens is 4. The quantitative estimate of drug-likeness (QED) is 0.0895. The van der Waals surface area contributed by atoms with E-state index in [9.17, 15) is 24.3 Å². The van der Waals surface area contributed by atoms with Crippen LogP contribution in [-0.4, -0.2) is 140 Å².